The minimum absolute atomic E-state index is 0.166. The number of rotatable bonds is 4. The fraction of sp³-hybridized carbons (Fsp3) is 0. The van der Waals surface area contributed by atoms with Gasteiger partial charge in [0.05, 0.1) is 16.1 Å². The lowest BCUT2D eigenvalue weighted by molar-refractivity contribution is -0.384. The van der Waals surface area contributed by atoms with E-state index in [1.54, 1.807) is 12.1 Å². The van der Waals surface area contributed by atoms with Crippen LogP contribution < -0.4 is 4.74 Å². The second kappa shape index (κ2) is 5.54. The van der Waals surface area contributed by atoms with Gasteiger partial charge in [-0.3, -0.25) is 15.1 Å². The highest BCUT2D eigenvalue weighted by molar-refractivity contribution is 6.33. The number of nitro benzene ring substituents is 1. The highest BCUT2D eigenvalue weighted by Gasteiger charge is 2.21. The summed E-state index contributed by atoms with van der Waals surface area (Å²) in [5, 5.41) is 19.6. The topological polar surface area (TPSA) is 103 Å². The van der Waals surface area contributed by atoms with Gasteiger partial charge in [-0.15, -0.1) is 0 Å². The molecule has 0 fully saturated rings. The number of benzene rings is 1. The SMILES string of the molecule is O=C(O)c1cc([N+](=O)[O-])cc(Cl)c1Oc1cccnc1. The van der Waals surface area contributed by atoms with Crippen LogP contribution in [0.1, 0.15) is 10.4 Å². The van der Waals surface area contributed by atoms with Gasteiger partial charge < -0.3 is 9.84 Å². The zero-order chi connectivity index (χ0) is 14.7. The van der Waals surface area contributed by atoms with Gasteiger partial charge in [0.25, 0.3) is 5.69 Å². The molecule has 20 heavy (non-hydrogen) atoms. The van der Waals surface area contributed by atoms with Crippen LogP contribution in [0.2, 0.25) is 5.02 Å². The van der Waals surface area contributed by atoms with E-state index in [2.05, 4.69) is 4.98 Å². The van der Waals surface area contributed by atoms with Crippen molar-refractivity contribution in [1.82, 2.24) is 4.98 Å². The monoisotopic (exact) mass is 294 g/mol. The number of hydrogen-bond acceptors (Lipinski definition) is 5. The van der Waals surface area contributed by atoms with Crippen LogP contribution in [0, 0.1) is 10.1 Å². The first-order valence-electron chi connectivity index (χ1n) is 5.28. The van der Waals surface area contributed by atoms with E-state index < -0.39 is 22.1 Å². The molecule has 0 bridgehead atoms. The highest BCUT2D eigenvalue weighted by Crippen LogP contribution is 2.36. The number of ether oxygens (including phenoxy) is 1. The van der Waals surface area contributed by atoms with Gasteiger partial charge in [-0.1, -0.05) is 11.6 Å². The molecular weight excluding hydrogens is 288 g/mol. The molecule has 1 heterocycles. The number of non-ortho nitro benzene ring substituents is 1. The van der Waals surface area contributed by atoms with E-state index in [1.165, 1.54) is 12.4 Å². The first kappa shape index (κ1) is 13.8. The van der Waals surface area contributed by atoms with Gasteiger partial charge in [0.15, 0.2) is 5.75 Å². The van der Waals surface area contributed by atoms with Crippen LogP contribution in [-0.4, -0.2) is 21.0 Å². The Kier molecular flexibility index (Phi) is 3.81. The molecule has 0 amide bonds. The van der Waals surface area contributed by atoms with E-state index in [4.69, 9.17) is 21.4 Å². The van der Waals surface area contributed by atoms with Crippen molar-refractivity contribution in [1.29, 1.82) is 0 Å². The van der Waals surface area contributed by atoms with E-state index in [9.17, 15) is 14.9 Å². The molecule has 1 aromatic carbocycles. The average molecular weight is 295 g/mol. The molecule has 0 radical (unpaired) electrons. The molecule has 0 spiro atoms. The first-order chi connectivity index (χ1) is 9.49. The number of carbonyl (C=O) groups is 1. The molecule has 8 heteroatoms. The van der Waals surface area contributed by atoms with Crippen LogP contribution in [-0.2, 0) is 0 Å². The maximum absolute atomic E-state index is 11.2. The average Bonchev–Trinajstić information content (AvgIpc) is 2.41. The van der Waals surface area contributed by atoms with Crippen molar-refractivity contribution in [3.05, 3.63) is 57.4 Å². The van der Waals surface area contributed by atoms with Crippen molar-refractivity contribution in [2.24, 2.45) is 0 Å². The summed E-state index contributed by atoms with van der Waals surface area (Å²) in [6, 6.07) is 5.06. The van der Waals surface area contributed by atoms with E-state index in [1.807, 2.05) is 0 Å². The summed E-state index contributed by atoms with van der Waals surface area (Å²) in [5.74, 6) is -1.28. The Labute approximate surface area is 117 Å². The third-order valence-electron chi connectivity index (χ3n) is 2.32. The Bertz CT molecular complexity index is 675. The van der Waals surface area contributed by atoms with E-state index in [0.717, 1.165) is 12.1 Å². The van der Waals surface area contributed by atoms with Crippen LogP contribution in [0.15, 0.2) is 36.7 Å². The standard InChI is InChI=1S/C12H7ClN2O5/c13-10-5-7(15(18)19)4-9(12(16)17)11(10)20-8-2-1-3-14-6-8/h1-6H,(H,16,17). The number of aromatic nitrogens is 1. The quantitative estimate of drug-likeness (QED) is 0.686. The molecule has 0 saturated heterocycles. The molecule has 2 aromatic rings. The van der Waals surface area contributed by atoms with Crippen molar-refractivity contribution in [3.8, 4) is 11.5 Å². The van der Waals surface area contributed by atoms with E-state index in [0.29, 0.717) is 0 Å². The largest absolute Gasteiger partial charge is 0.478 e. The summed E-state index contributed by atoms with van der Waals surface area (Å²) in [7, 11) is 0. The Balaban J connectivity index is 2.51. The van der Waals surface area contributed by atoms with E-state index >= 15 is 0 Å². The van der Waals surface area contributed by atoms with Gasteiger partial charge in [0.1, 0.15) is 11.3 Å². The zero-order valence-corrected chi connectivity index (χ0v) is 10.6. The van der Waals surface area contributed by atoms with Gasteiger partial charge in [-0.25, -0.2) is 4.79 Å². The lowest BCUT2D eigenvalue weighted by atomic mass is 10.1. The van der Waals surface area contributed by atoms with E-state index in [-0.39, 0.29) is 16.5 Å². The Morgan fingerprint density at radius 2 is 2.20 bits per heavy atom. The fourth-order valence-electron chi connectivity index (χ4n) is 1.47. The Hall–Kier alpha value is -2.67. The Morgan fingerprint density at radius 3 is 2.75 bits per heavy atom. The number of halogens is 1. The molecule has 1 N–H and O–H groups in total. The predicted molar refractivity (Wildman–Crippen MR) is 69.4 cm³/mol. The van der Waals surface area contributed by atoms with Gasteiger partial charge in [-0.2, -0.15) is 0 Å². The first-order valence-corrected chi connectivity index (χ1v) is 5.66. The van der Waals surface area contributed by atoms with Crippen LogP contribution in [0.4, 0.5) is 5.69 Å². The van der Waals surface area contributed by atoms with Crippen molar-refractivity contribution in [2.45, 2.75) is 0 Å². The summed E-state index contributed by atoms with van der Waals surface area (Å²) in [6.45, 7) is 0. The minimum Gasteiger partial charge on any atom is -0.478 e. The third kappa shape index (κ3) is 2.83. The molecule has 0 saturated carbocycles. The number of hydrogen-bond donors (Lipinski definition) is 1. The molecule has 0 aliphatic heterocycles. The molecule has 0 unspecified atom stereocenters. The summed E-state index contributed by atoms with van der Waals surface area (Å²) < 4.78 is 5.34. The summed E-state index contributed by atoms with van der Waals surface area (Å²) in [6.07, 6.45) is 2.88. The van der Waals surface area contributed by atoms with Crippen LogP contribution in [0.25, 0.3) is 0 Å². The van der Waals surface area contributed by atoms with Crippen molar-refractivity contribution >= 4 is 23.3 Å². The second-order valence-corrected chi connectivity index (χ2v) is 4.06. The molecule has 102 valence electrons. The van der Waals surface area contributed by atoms with Crippen LogP contribution in [0.3, 0.4) is 0 Å². The van der Waals surface area contributed by atoms with Crippen LogP contribution in [0.5, 0.6) is 11.5 Å². The molecular formula is C12H7ClN2O5. The smallest absolute Gasteiger partial charge is 0.339 e. The molecule has 0 atom stereocenters. The number of nitrogens with zero attached hydrogens (tertiary/aromatic N) is 2. The van der Waals surface area contributed by atoms with Gasteiger partial charge >= 0.3 is 5.97 Å². The number of pyridine rings is 1. The number of aromatic carboxylic acids is 1. The predicted octanol–water partition coefficient (Wildman–Crippen LogP) is 3.13. The van der Waals surface area contributed by atoms with Crippen molar-refractivity contribution in [3.63, 3.8) is 0 Å². The highest BCUT2D eigenvalue weighted by atomic mass is 35.5. The summed E-state index contributed by atoms with van der Waals surface area (Å²) in [5.41, 5.74) is -0.820. The zero-order valence-electron chi connectivity index (χ0n) is 9.82. The van der Waals surface area contributed by atoms with Crippen molar-refractivity contribution < 1.29 is 19.6 Å². The fourth-order valence-corrected chi connectivity index (χ4v) is 1.72. The lowest BCUT2D eigenvalue weighted by Gasteiger charge is -2.10. The minimum atomic E-state index is -1.38. The molecule has 2 rings (SSSR count). The summed E-state index contributed by atoms with van der Waals surface area (Å²) in [4.78, 5) is 24.9. The number of nitro groups is 1. The number of carboxylic acids is 1. The van der Waals surface area contributed by atoms with Crippen molar-refractivity contribution in [2.75, 3.05) is 0 Å². The number of carboxylic acid groups (broad SMARTS) is 1. The maximum atomic E-state index is 11.2. The van der Waals surface area contributed by atoms with Gasteiger partial charge in [-0.05, 0) is 12.1 Å². The lowest BCUT2D eigenvalue weighted by Crippen LogP contribution is -2.02. The van der Waals surface area contributed by atoms with Gasteiger partial charge in [0, 0.05) is 18.3 Å². The third-order valence-corrected chi connectivity index (χ3v) is 2.60. The molecule has 0 aliphatic rings. The van der Waals surface area contributed by atoms with Crippen LogP contribution >= 0.6 is 11.6 Å². The van der Waals surface area contributed by atoms with Gasteiger partial charge in [0.2, 0.25) is 0 Å². The molecule has 7 nitrogen and oxygen atoms in total. The second-order valence-electron chi connectivity index (χ2n) is 3.66. The maximum Gasteiger partial charge on any atom is 0.339 e. The normalized spacial score (nSPS) is 10.1. The molecule has 1 aromatic heterocycles. The molecule has 0 aliphatic carbocycles. The summed E-state index contributed by atoms with van der Waals surface area (Å²) >= 11 is 5.86. The Morgan fingerprint density at radius 1 is 1.45 bits per heavy atom.